The number of nitrogens with zero attached hydrogens (tertiary/aromatic N) is 1. The minimum atomic E-state index is -0.497. The zero-order chi connectivity index (χ0) is 11.5. The number of anilines is 1. The molecule has 0 aliphatic carbocycles. The van der Waals surface area contributed by atoms with Crippen molar-refractivity contribution in [2.24, 2.45) is 5.73 Å². The summed E-state index contributed by atoms with van der Waals surface area (Å²) in [6.45, 7) is 0.264. The van der Waals surface area contributed by atoms with E-state index in [1.54, 1.807) is 0 Å². The minimum Gasteiger partial charge on any atom is -0.399 e. The number of nitrogens with one attached hydrogen (secondary N) is 1. The zero-order valence-corrected chi connectivity index (χ0v) is 9.50. The molecule has 0 amide bonds. The summed E-state index contributed by atoms with van der Waals surface area (Å²) in [7, 11) is 0. The summed E-state index contributed by atoms with van der Waals surface area (Å²) in [5.74, 6) is 0.534. The number of thioether (sulfide) groups is 1. The van der Waals surface area contributed by atoms with Crippen molar-refractivity contribution < 1.29 is 5.11 Å². The number of H-pyrrole nitrogens is 1. The second-order valence-corrected chi connectivity index (χ2v) is 4.53. The molecule has 1 aromatic carbocycles. The molecular formula is C10H14N4OS. The third-order valence-electron chi connectivity index (χ3n) is 2.17. The largest absolute Gasteiger partial charge is 0.399 e. The molecule has 1 unspecified atom stereocenters. The predicted molar refractivity (Wildman–Crippen MR) is 66.3 cm³/mol. The van der Waals surface area contributed by atoms with Crippen LogP contribution in [0.2, 0.25) is 0 Å². The van der Waals surface area contributed by atoms with E-state index in [0.717, 1.165) is 16.2 Å². The van der Waals surface area contributed by atoms with Crippen LogP contribution in [0.15, 0.2) is 23.4 Å². The van der Waals surface area contributed by atoms with Gasteiger partial charge in [0, 0.05) is 18.0 Å². The normalized spacial score (nSPS) is 13.1. The van der Waals surface area contributed by atoms with Crippen LogP contribution in [0, 0.1) is 0 Å². The van der Waals surface area contributed by atoms with Crippen molar-refractivity contribution in [1.82, 2.24) is 9.97 Å². The van der Waals surface area contributed by atoms with E-state index in [2.05, 4.69) is 9.97 Å². The van der Waals surface area contributed by atoms with E-state index in [1.165, 1.54) is 11.8 Å². The lowest BCUT2D eigenvalue weighted by Gasteiger charge is -2.03. The fourth-order valence-corrected chi connectivity index (χ4v) is 2.15. The molecule has 2 aromatic rings. The van der Waals surface area contributed by atoms with E-state index in [1.807, 2.05) is 18.2 Å². The number of aliphatic hydroxyl groups excluding tert-OH is 1. The van der Waals surface area contributed by atoms with E-state index < -0.39 is 6.10 Å². The summed E-state index contributed by atoms with van der Waals surface area (Å²) >= 11 is 1.45. The second kappa shape index (κ2) is 4.73. The highest BCUT2D eigenvalue weighted by Crippen LogP contribution is 2.21. The first kappa shape index (κ1) is 11.3. The van der Waals surface area contributed by atoms with Crippen LogP contribution in [0.5, 0.6) is 0 Å². The molecule has 0 fully saturated rings. The number of aromatic nitrogens is 2. The molecule has 0 aliphatic heterocycles. The second-order valence-electron chi connectivity index (χ2n) is 3.52. The standard InChI is InChI=1S/C10H14N4OS/c11-4-7(15)5-16-10-13-8-2-1-6(12)3-9(8)14-10/h1-3,7,15H,4-5,11-12H2,(H,13,14). The zero-order valence-electron chi connectivity index (χ0n) is 8.68. The van der Waals surface area contributed by atoms with Gasteiger partial charge in [0.05, 0.1) is 17.1 Å². The maximum atomic E-state index is 9.33. The molecule has 86 valence electrons. The lowest BCUT2D eigenvalue weighted by Crippen LogP contribution is -2.21. The number of benzene rings is 1. The van der Waals surface area contributed by atoms with E-state index in [0.29, 0.717) is 11.4 Å². The van der Waals surface area contributed by atoms with Crippen molar-refractivity contribution in [3.63, 3.8) is 0 Å². The van der Waals surface area contributed by atoms with Gasteiger partial charge in [-0.2, -0.15) is 0 Å². The Morgan fingerprint density at radius 1 is 1.50 bits per heavy atom. The Hall–Kier alpha value is -1.24. The number of hydrogen-bond acceptors (Lipinski definition) is 5. The number of nitrogens with two attached hydrogens (primary N) is 2. The fraction of sp³-hybridized carbons (Fsp3) is 0.300. The van der Waals surface area contributed by atoms with Gasteiger partial charge in [-0.15, -0.1) is 0 Å². The molecule has 1 aromatic heterocycles. The van der Waals surface area contributed by atoms with Gasteiger partial charge < -0.3 is 21.6 Å². The fourth-order valence-electron chi connectivity index (χ4n) is 1.32. The molecule has 2 rings (SSSR count). The van der Waals surface area contributed by atoms with Crippen LogP contribution >= 0.6 is 11.8 Å². The highest BCUT2D eigenvalue weighted by atomic mass is 32.2. The summed E-state index contributed by atoms with van der Waals surface area (Å²) in [5.41, 5.74) is 13.5. The Morgan fingerprint density at radius 2 is 2.31 bits per heavy atom. The van der Waals surface area contributed by atoms with Crippen LogP contribution in [0.4, 0.5) is 5.69 Å². The Kier molecular flexibility index (Phi) is 3.33. The molecule has 6 N–H and O–H groups in total. The maximum absolute atomic E-state index is 9.33. The molecule has 16 heavy (non-hydrogen) atoms. The van der Waals surface area contributed by atoms with Crippen LogP contribution in [0.1, 0.15) is 0 Å². The van der Waals surface area contributed by atoms with Crippen molar-refractivity contribution in [3.05, 3.63) is 18.2 Å². The van der Waals surface area contributed by atoms with Crippen molar-refractivity contribution >= 4 is 28.5 Å². The topological polar surface area (TPSA) is 101 Å². The van der Waals surface area contributed by atoms with Crippen LogP contribution in [-0.4, -0.2) is 33.5 Å². The van der Waals surface area contributed by atoms with Gasteiger partial charge in [0.25, 0.3) is 0 Å². The van der Waals surface area contributed by atoms with Gasteiger partial charge in [0.15, 0.2) is 5.16 Å². The van der Waals surface area contributed by atoms with E-state index in [4.69, 9.17) is 11.5 Å². The molecular weight excluding hydrogens is 224 g/mol. The number of rotatable bonds is 4. The quantitative estimate of drug-likeness (QED) is 0.460. The Bertz CT molecular complexity index is 485. The maximum Gasteiger partial charge on any atom is 0.166 e. The predicted octanol–water partition coefficient (Wildman–Crippen LogP) is 0.557. The van der Waals surface area contributed by atoms with Gasteiger partial charge in [0.1, 0.15) is 0 Å². The number of nitrogen functional groups attached to an aromatic ring is 1. The van der Waals surface area contributed by atoms with Crippen LogP contribution < -0.4 is 11.5 Å². The Labute approximate surface area is 97.2 Å². The van der Waals surface area contributed by atoms with Gasteiger partial charge >= 0.3 is 0 Å². The van der Waals surface area contributed by atoms with Gasteiger partial charge in [-0.25, -0.2) is 4.98 Å². The molecule has 0 radical (unpaired) electrons. The molecule has 0 spiro atoms. The first-order chi connectivity index (χ1) is 7.69. The summed E-state index contributed by atoms with van der Waals surface area (Å²) in [6, 6.07) is 5.52. The van der Waals surface area contributed by atoms with Crippen molar-refractivity contribution in [2.45, 2.75) is 11.3 Å². The van der Waals surface area contributed by atoms with Crippen molar-refractivity contribution in [3.8, 4) is 0 Å². The lowest BCUT2D eigenvalue weighted by molar-refractivity contribution is 0.208. The summed E-state index contributed by atoms with van der Waals surface area (Å²) in [4.78, 5) is 7.50. The van der Waals surface area contributed by atoms with Gasteiger partial charge in [-0.1, -0.05) is 11.8 Å². The SMILES string of the molecule is NCC(O)CSc1nc2ccc(N)cc2[nH]1. The molecule has 0 bridgehead atoms. The number of aliphatic hydroxyl groups is 1. The van der Waals surface area contributed by atoms with Gasteiger partial charge in [-0.3, -0.25) is 0 Å². The average molecular weight is 238 g/mol. The first-order valence-electron chi connectivity index (χ1n) is 4.95. The minimum absolute atomic E-state index is 0.264. The van der Waals surface area contributed by atoms with E-state index >= 15 is 0 Å². The smallest absolute Gasteiger partial charge is 0.166 e. The molecule has 1 atom stereocenters. The number of fused-ring (bicyclic) bond motifs is 1. The van der Waals surface area contributed by atoms with Gasteiger partial charge in [-0.05, 0) is 18.2 Å². The third kappa shape index (κ3) is 2.46. The molecule has 0 aliphatic rings. The van der Waals surface area contributed by atoms with E-state index in [-0.39, 0.29) is 6.54 Å². The van der Waals surface area contributed by atoms with Crippen molar-refractivity contribution in [2.75, 3.05) is 18.0 Å². The highest BCUT2D eigenvalue weighted by Gasteiger charge is 2.06. The summed E-state index contributed by atoms with van der Waals surface area (Å²) in [6.07, 6.45) is -0.497. The first-order valence-corrected chi connectivity index (χ1v) is 5.94. The third-order valence-corrected chi connectivity index (χ3v) is 3.19. The highest BCUT2D eigenvalue weighted by molar-refractivity contribution is 7.99. The monoisotopic (exact) mass is 238 g/mol. The summed E-state index contributed by atoms with van der Waals surface area (Å²) < 4.78 is 0. The lowest BCUT2D eigenvalue weighted by atomic mass is 10.3. The number of aromatic amines is 1. The molecule has 1 heterocycles. The average Bonchev–Trinajstić information content (AvgIpc) is 2.67. The van der Waals surface area contributed by atoms with Crippen LogP contribution in [0.3, 0.4) is 0 Å². The van der Waals surface area contributed by atoms with Gasteiger partial charge in [0.2, 0.25) is 0 Å². The van der Waals surface area contributed by atoms with E-state index in [9.17, 15) is 5.11 Å². The van der Waals surface area contributed by atoms with Crippen molar-refractivity contribution in [1.29, 1.82) is 0 Å². The number of imidazole rings is 1. The molecule has 6 heteroatoms. The number of hydrogen-bond donors (Lipinski definition) is 4. The Balaban J connectivity index is 2.13. The Morgan fingerprint density at radius 3 is 3.06 bits per heavy atom. The molecule has 0 saturated heterocycles. The van der Waals surface area contributed by atoms with Crippen LogP contribution in [-0.2, 0) is 0 Å². The molecule has 5 nitrogen and oxygen atoms in total. The van der Waals surface area contributed by atoms with Crippen LogP contribution in [0.25, 0.3) is 11.0 Å². The summed E-state index contributed by atoms with van der Waals surface area (Å²) in [5, 5.41) is 10.1. The molecule has 0 saturated carbocycles.